The SMILES string of the molecule is Cc1ccc(C(=O)c2c(C)cc(C)cc2F)c(F)c1. The van der Waals surface area contributed by atoms with Crippen LogP contribution < -0.4 is 0 Å². The first-order valence-electron chi connectivity index (χ1n) is 5.97. The third-order valence-corrected chi connectivity index (χ3v) is 3.03. The maximum Gasteiger partial charge on any atom is 0.199 e. The van der Waals surface area contributed by atoms with Crippen LogP contribution in [-0.2, 0) is 0 Å². The standard InChI is InChI=1S/C16H14F2O/c1-9-4-5-12(13(17)7-9)16(19)15-11(3)6-10(2)8-14(15)18/h4-8H,1-3H3. The van der Waals surface area contributed by atoms with Gasteiger partial charge in [-0.3, -0.25) is 4.79 Å². The molecule has 3 heteroatoms. The predicted octanol–water partition coefficient (Wildman–Crippen LogP) is 4.12. The second kappa shape index (κ2) is 4.92. The minimum atomic E-state index is -0.621. The number of benzene rings is 2. The van der Waals surface area contributed by atoms with Crippen LogP contribution in [-0.4, -0.2) is 5.78 Å². The minimum Gasteiger partial charge on any atom is -0.288 e. The molecule has 2 aromatic rings. The van der Waals surface area contributed by atoms with Crippen molar-refractivity contribution in [2.24, 2.45) is 0 Å². The highest BCUT2D eigenvalue weighted by Gasteiger charge is 2.20. The molecule has 0 bridgehead atoms. The second-order valence-electron chi connectivity index (χ2n) is 4.75. The van der Waals surface area contributed by atoms with Gasteiger partial charge in [0, 0.05) is 0 Å². The van der Waals surface area contributed by atoms with Crippen LogP contribution in [0.15, 0.2) is 30.3 Å². The van der Waals surface area contributed by atoms with Gasteiger partial charge in [0.1, 0.15) is 11.6 Å². The van der Waals surface area contributed by atoms with Crippen molar-refractivity contribution in [3.8, 4) is 0 Å². The lowest BCUT2D eigenvalue weighted by atomic mass is 9.96. The van der Waals surface area contributed by atoms with E-state index >= 15 is 0 Å². The number of aryl methyl sites for hydroxylation is 3. The maximum absolute atomic E-state index is 13.9. The Morgan fingerprint density at radius 3 is 2.11 bits per heavy atom. The van der Waals surface area contributed by atoms with Gasteiger partial charge in [0.2, 0.25) is 0 Å². The van der Waals surface area contributed by atoms with Gasteiger partial charge in [-0.05, 0) is 55.7 Å². The second-order valence-corrected chi connectivity index (χ2v) is 4.75. The molecule has 0 aliphatic rings. The molecule has 0 fully saturated rings. The van der Waals surface area contributed by atoms with E-state index in [1.807, 2.05) is 0 Å². The van der Waals surface area contributed by atoms with Gasteiger partial charge in [-0.25, -0.2) is 8.78 Å². The number of carbonyl (C=O) groups excluding carboxylic acids is 1. The highest BCUT2D eigenvalue weighted by atomic mass is 19.1. The van der Waals surface area contributed by atoms with E-state index in [1.54, 1.807) is 32.9 Å². The molecule has 0 unspecified atom stereocenters. The fourth-order valence-corrected chi connectivity index (χ4v) is 2.14. The van der Waals surface area contributed by atoms with Crippen LogP contribution in [0.5, 0.6) is 0 Å². The van der Waals surface area contributed by atoms with E-state index in [0.717, 1.165) is 11.1 Å². The first kappa shape index (κ1) is 13.4. The third kappa shape index (κ3) is 2.55. The lowest BCUT2D eigenvalue weighted by Gasteiger charge is -2.09. The monoisotopic (exact) mass is 260 g/mol. The molecule has 98 valence electrons. The van der Waals surface area contributed by atoms with Crippen molar-refractivity contribution in [2.75, 3.05) is 0 Å². The number of ketones is 1. The Balaban J connectivity index is 2.56. The molecule has 0 spiro atoms. The summed E-state index contributed by atoms with van der Waals surface area (Å²) in [4.78, 5) is 12.3. The molecule has 0 N–H and O–H groups in total. The molecule has 1 nitrogen and oxygen atoms in total. The van der Waals surface area contributed by atoms with Crippen LogP contribution in [0.25, 0.3) is 0 Å². The van der Waals surface area contributed by atoms with Crippen molar-refractivity contribution >= 4 is 5.78 Å². The zero-order chi connectivity index (χ0) is 14.2. The van der Waals surface area contributed by atoms with Gasteiger partial charge in [-0.2, -0.15) is 0 Å². The number of halogens is 2. The molecule has 2 rings (SSSR count). The van der Waals surface area contributed by atoms with Crippen molar-refractivity contribution in [2.45, 2.75) is 20.8 Å². The van der Waals surface area contributed by atoms with Crippen molar-refractivity contribution in [3.63, 3.8) is 0 Å². The van der Waals surface area contributed by atoms with Gasteiger partial charge in [-0.15, -0.1) is 0 Å². The average molecular weight is 260 g/mol. The zero-order valence-electron chi connectivity index (χ0n) is 11.1. The molecule has 0 amide bonds. The average Bonchev–Trinajstić information content (AvgIpc) is 2.26. The van der Waals surface area contributed by atoms with Crippen LogP contribution in [0.3, 0.4) is 0 Å². The smallest absolute Gasteiger partial charge is 0.199 e. The van der Waals surface area contributed by atoms with Gasteiger partial charge < -0.3 is 0 Å². The molecule has 0 atom stereocenters. The fourth-order valence-electron chi connectivity index (χ4n) is 2.14. The molecule has 0 aromatic heterocycles. The lowest BCUT2D eigenvalue weighted by molar-refractivity contribution is 0.103. The van der Waals surface area contributed by atoms with E-state index in [0.29, 0.717) is 5.56 Å². The predicted molar refractivity (Wildman–Crippen MR) is 70.4 cm³/mol. The van der Waals surface area contributed by atoms with Crippen molar-refractivity contribution in [1.82, 2.24) is 0 Å². The molecule has 19 heavy (non-hydrogen) atoms. The summed E-state index contributed by atoms with van der Waals surface area (Å²) in [6.45, 7) is 5.13. The Morgan fingerprint density at radius 2 is 1.53 bits per heavy atom. The molecule has 0 saturated carbocycles. The van der Waals surface area contributed by atoms with Gasteiger partial charge in [-0.1, -0.05) is 12.1 Å². The summed E-state index contributed by atoms with van der Waals surface area (Å²) in [5, 5.41) is 0. The Hall–Kier alpha value is -2.03. The topological polar surface area (TPSA) is 17.1 Å². The maximum atomic E-state index is 13.9. The van der Waals surface area contributed by atoms with Gasteiger partial charge in [0.05, 0.1) is 11.1 Å². The van der Waals surface area contributed by atoms with E-state index in [-0.39, 0.29) is 11.1 Å². The molecular weight excluding hydrogens is 246 g/mol. The third-order valence-electron chi connectivity index (χ3n) is 3.03. The van der Waals surface area contributed by atoms with E-state index in [4.69, 9.17) is 0 Å². The van der Waals surface area contributed by atoms with E-state index in [1.165, 1.54) is 18.2 Å². The first-order chi connectivity index (χ1) is 8.90. The molecular formula is C16H14F2O. The summed E-state index contributed by atoms with van der Waals surface area (Å²) in [5.41, 5.74) is 1.80. The van der Waals surface area contributed by atoms with Crippen LogP contribution in [0.1, 0.15) is 32.6 Å². The van der Waals surface area contributed by atoms with E-state index < -0.39 is 17.4 Å². The number of hydrogen-bond donors (Lipinski definition) is 0. The summed E-state index contributed by atoms with van der Waals surface area (Å²) in [7, 11) is 0. The Kier molecular flexibility index (Phi) is 3.47. The van der Waals surface area contributed by atoms with Crippen LogP contribution in [0, 0.1) is 32.4 Å². The van der Waals surface area contributed by atoms with E-state index in [9.17, 15) is 13.6 Å². The van der Waals surface area contributed by atoms with E-state index in [2.05, 4.69) is 0 Å². The van der Waals surface area contributed by atoms with Crippen molar-refractivity contribution in [3.05, 3.63) is 69.8 Å². The molecule has 0 radical (unpaired) electrons. The van der Waals surface area contributed by atoms with Crippen molar-refractivity contribution in [1.29, 1.82) is 0 Å². The summed E-state index contributed by atoms with van der Waals surface area (Å²) >= 11 is 0. The Morgan fingerprint density at radius 1 is 0.895 bits per heavy atom. The molecule has 0 heterocycles. The number of rotatable bonds is 2. The van der Waals surface area contributed by atoms with Crippen molar-refractivity contribution < 1.29 is 13.6 Å². The lowest BCUT2D eigenvalue weighted by Crippen LogP contribution is -2.09. The summed E-state index contributed by atoms with van der Waals surface area (Å²) < 4.78 is 27.7. The minimum absolute atomic E-state index is 0.0617. The fraction of sp³-hybridized carbons (Fsp3) is 0.188. The molecule has 0 saturated heterocycles. The largest absolute Gasteiger partial charge is 0.288 e. The number of hydrogen-bond acceptors (Lipinski definition) is 1. The molecule has 2 aromatic carbocycles. The summed E-state index contributed by atoms with van der Waals surface area (Å²) in [6.07, 6.45) is 0. The first-order valence-corrected chi connectivity index (χ1v) is 5.97. The molecule has 0 aliphatic heterocycles. The number of carbonyl (C=O) groups is 1. The van der Waals surface area contributed by atoms with Gasteiger partial charge in [0.25, 0.3) is 0 Å². The Labute approximate surface area is 110 Å². The van der Waals surface area contributed by atoms with Gasteiger partial charge >= 0.3 is 0 Å². The highest BCUT2D eigenvalue weighted by Crippen LogP contribution is 2.21. The molecule has 0 aliphatic carbocycles. The van der Waals surface area contributed by atoms with Crippen LogP contribution in [0.4, 0.5) is 8.78 Å². The quantitative estimate of drug-likeness (QED) is 0.742. The Bertz CT molecular complexity index is 637. The van der Waals surface area contributed by atoms with Gasteiger partial charge in [0.15, 0.2) is 5.78 Å². The zero-order valence-corrected chi connectivity index (χ0v) is 11.1. The highest BCUT2D eigenvalue weighted by molar-refractivity contribution is 6.10. The van der Waals surface area contributed by atoms with Crippen LogP contribution in [0.2, 0.25) is 0 Å². The summed E-state index contributed by atoms with van der Waals surface area (Å²) in [5.74, 6) is -1.85. The van der Waals surface area contributed by atoms with Crippen LogP contribution >= 0.6 is 0 Å². The summed E-state index contributed by atoms with van der Waals surface area (Å²) in [6, 6.07) is 7.30. The normalized spacial score (nSPS) is 10.6.